The van der Waals surface area contributed by atoms with Crippen molar-refractivity contribution in [3.8, 4) is 22.4 Å². The number of carbonyl (C=O) groups excluding carboxylic acids is 1. The third-order valence-corrected chi connectivity index (χ3v) is 6.31. The van der Waals surface area contributed by atoms with Crippen molar-refractivity contribution in [2.45, 2.75) is 25.4 Å². The number of carbonyl (C=O) groups is 1. The molecular weight excluding hydrogens is 400 g/mol. The maximum absolute atomic E-state index is 12.8. The smallest absolute Gasteiger partial charge is 0.253 e. The Balaban J connectivity index is 1.40. The number of rotatable bonds is 3. The Bertz CT molecular complexity index is 1260. The number of anilines is 1. The molecule has 0 saturated carbocycles. The second-order valence-electron chi connectivity index (χ2n) is 8.78. The molecule has 5 rings (SSSR count). The third-order valence-electron chi connectivity index (χ3n) is 6.31. The van der Waals surface area contributed by atoms with Crippen LogP contribution in [0.5, 0.6) is 0 Å². The number of imidazole rings is 1. The molecule has 6 heteroatoms. The van der Waals surface area contributed by atoms with Crippen molar-refractivity contribution in [3.05, 3.63) is 78.6 Å². The van der Waals surface area contributed by atoms with Crippen LogP contribution in [0.4, 0.5) is 5.69 Å². The van der Waals surface area contributed by atoms with Crippen molar-refractivity contribution in [3.63, 3.8) is 0 Å². The van der Waals surface area contributed by atoms with Crippen molar-refractivity contribution in [2.24, 2.45) is 0 Å². The van der Waals surface area contributed by atoms with Crippen molar-refractivity contribution in [1.29, 1.82) is 0 Å². The van der Waals surface area contributed by atoms with Crippen molar-refractivity contribution in [1.82, 2.24) is 14.3 Å². The number of benzene rings is 2. The lowest BCUT2D eigenvalue weighted by atomic mass is 9.93. The first-order chi connectivity index (χ1) is 15.4. The van der Waals surface area contributed by atoms with Gasteiger partial charge < -0.3 is 15.7 Å². The monoisotopic (exact) mass is 426 g/mol. The van der Waals surface area contributed by atoms with Crippen LogP contribution in [0.15, 0.2) is 73.1 Å². The molecule has 2 aromatic heterocycles. The lowest BCUT2D eigenvalue weighted by Crippen LogP contribution is -2.45. The van der Waals surface area contributed by atoms with Crippen LogP contribution in [0.25, 0.3) is 28.0 Å². The van der Waals surface area contributed by atoms with Gasteiger partial charge in [0, 0.05) is 36.1 Å². The van der Waals surface area contributed by atoms with E-state index in [1.807, 2.05) is 78.7 Å². The molecule has 6 nitrogen and oxygen atoms in total. The fourth-order valence-corrected chi connectivity index (χ4v) is 4.20. The Morgan fingerprint density at radius 2 is 1.56 bits per heavy atom. The molecule has 0 bridgehead atoms. The summed E-state index contributed by atoms with van der Waals surface area (Å²) in [5.41, 5.74) is 11.5. The lowest BCUT2D eigenvalue weighted by molar-refractivity contribution is -0.00202. The summed E-state index contributed by atoms with van der Waals surface area (Å²) in [7, 11) is 0. The Morgan fingerprint density at radius 1 is 0.938 bits per heavy atom. The summed E-state index contributed by atoms with van der Waals surface area (Å²) in [5.74, 6) is 0.0164. The maximum atomic E-state index is 12.8. The number of hydrogen-bond acceptors (Lipinski definition) is 4. The van der Waals surface area contributed by atoms with Gasteiger partial charge in [-0.25, -0.2) is 4.98 Å². The quantitative estimate of drug-likeness (QED) is 0.480. The molecule has 162 valence electrons. The van der Waals surface area contributed by atoms with Crippen molar-refractivity contribution in [2.75, 3.05) is 18.8 Å². The molecule has 2 aromatic carbocycles. The summed E-state index contributed by atoms with van der Waals surface area (Å²) >= 11 is 0. The number of aliphatic hydroxyl groups is 1. The molecule has 0 aliphatic carbocycles. The van der Waals surface area contributed by atoms with Gasteiger partial charge in [-0.1, -0.05) is 24.3 Å². The van der Waals surface area contributed by atoms with Crippen LogP contribution in [-0.2, 0) is 0 Å². The van der Waals surface area contributed by atoms with Crippen molar-refractivity contribution >= 4 is 17.2 Å². The van der Waals surface area contributed by atoms with E-state index in [-0.39, 0.29) is 5.91 Å². The molecule has 0 atom stereocenters. The van der Waals surface area contributed by atoms with Gasteiger partial charge in [0.05, 0.1) is 17.5 Å². The average Bonchev–Trinajstić information content (AvgIpc) is 3.22. The number of piperidine rings is 1. The van der Waals surface area contributed by atoms with Gasteiger partial charge in [-0.2, -0.15) is 0 Å². The number of hydrogen-bond donors (Lipinski definition) is 2. The zero-order valence-corrected chi connectivity index (χ0v) is 18.0. The number of aromatic nitrogens is 2. The highest BCUT2D eigenvalue weighted by molar-refractivity contribution is 5.94. The minimum Gasteiger partial charge on any atom is -0.399 e. The summed E-state index contributed by atoms with van der Waals surface area (Å²) in [6.07, 6.45) is 5.15. The Labute approximate surface area is 186 Å². The highest BCUT2D eigenvalue weighted by Gasteiger charge is 2.29. The van der Waals surface area contributed by atoms with Crippen LogP contribution in [0.1, 0.15) is 30.1 Å². The molecule has 1 aliphatic rings. The van der Waals surface area contributed by atoms with Gasteiger partial charge >= 0.3 is 0 Å². The average molecular weight is 427 g/mol. The van der Waals surface area contributed by atoms with Crippen LogP contribution in [0, 0.1) is 0 Å². The second kappa shape index (κ2) is 7.80. The molecule has 1 fully saturated rings. The fraction of sp³-hybridized carbons (Fsp3) is 0.231. The van der Waals surface area contributed by atoms with Gasteiger partial charge in [0.2, 0.25) is 0 Å². The molecule has 0 radical (unpaired) electrons. The van der Waals surface area contributed by atoms with Crippen LogP contribution in [0.2, 0.25) is 0 Å². The minimum absolute atomic E-state index is 0.0164. The van der Waals surface area contributed by atoms with Crippen LogP contribution in [0.3, 0.4) is 0 Å². The highest BCUT2D eigenvalue weighted by atomic mass is 16.3. The molecule has 0 unspecified atom stereocenters. The molecular formula is C26H26N4O2. The minimum atomic E-state index is -0.669. The Kier molecular flexibility index (Phi) is 4.94. The SMILES string of the molecule is CC1(O)CCN(C(=O)c2ccc(-c3ccc4ncc(-c5ccc(N)cc5)n4c3)cc2)CC1. The third kappa shape index (κ3) is 3.85. The zero-order chi connectivity index (χ0) is 22.3. The van der Waals surface area contributed by atoms with E-state index in [0.29, 0.717) is 31.5 Å². The van der Waals surface area contributed by atoms with E-state index in [9.17, 15) is 9.90 Å². The summed E-state index contributed by atoms with van der Waals surface area (Å²) in [6, 6.07) is 19.5. The van der Waals surface area contributed by atoms with Gasteiger partial charge in [-0.15, -0.1) is 0 Å². The number of fused-ring (bicyclic) bond motifs is 1. The zero-order valence-electron chi connectivity index (χ0n) is 18.0. The van der Waals surface area contributed by atoms with Gasteiger partial charge in [0.25, 0.3) is 5.91 Å². The van der Waals surface area contributed by atoms with E-state index in [4.69, 9.17) is 5.73 Å². The van der Waals surface area contributed by atoms with E-state index in [0.717, 1.165) is 33.7 Å². The Morgan fingerprint density at radius 3 is 2.25 bits per heavy atom. The summed E-state index contributed by atoms with van der Waals surface area (Å²) in [4.78, 5) is 19.2. The summed E-state index contributed by atoms with van der Waals surface area (Å²) < 4.78 is 2.07. The largest absolute Gasteiger partial charge is 0.399 e. The number of nitrogens with two attached hydrogens (primary N) is 1. The van der Waals surface area contributed by atoms with Crippen LogP contribution in [-0.4, -0.2) is 44.0 Å². The predicted octanol–water partition coefficient (Wildman–Crippen LogP) is 4.24. The van der Waals surface area contributed by atoms with E-state index < -0.39 is 5.60 Å². The van der Waals surface area contributed by atoms with E-state index in [1.54, 1.807) is 0 Å². The number of pyridine rings is 1. The second-order valence-corrected chi connectivity index (χ2v) is 8.78. The standard InChI is InChI=1S/C26H26N4O2/c1-26(32)12-14-29(15-13-26)25(31)20-4-2-18(3-5-20)21-8-11-24-28-16-23(30(24)17-21)19-6-9-22(27)10-7-19/h2-11,16-17,32H,12-15,27H2,1H3. The number of nitrogen functional groups attached to an aromatic ring is 1. The van der Waals surface area contributed by atoms with Gasteiger partial charge in [0.15, 0.2) is 0 Å². The molecule has 3 heterocycles. The number of amides is 1. The van der Waals surface area contributed by atoms with E-state index >= 15 is 0 Å². The van der Waals surface area contributed by atoms with E-state index in [2.05, 4.69) is 15.6 Å². The number of likely N-dealkylation sites (tertiary alicyclic amines) is 1. The van der Waals surface area contributed by atoms with Crippen molar-refractivity contribution < 1.29 is 9.90 Å². The van der Waals surface area contributed by atoms with Crippen LogP contribution < -0.4 is 5.73 Å². The maximum Gasteiger partial charge on any atom is 0.253 e. The normalized spacial score (nSPS) is 15.8. The highest BCUT2D eigenvalue weighted by Crippen LogP contribution is 2.27. The Hall–Kier alpha value is -3.64. The number of nitrogens with zero attached hydrogens (tertiary/aromatic N) is 3. The molecule has 1 amide bonds. The topological polar surface area (TPSA) is 83.9 Å². The summed E-state index contributed by atoms with van der Waals surface area (Å²) in [5, 5.41) is 10.1. The molecule has 4 aromatic rings. The van der Waals surface area contributed by atoms with Crippen LogP contribution >= 0.6 is 0 Å². The molecule has 1 saturated heterocycles. The first-order valence-corrected chi connectivity index (χ1v) is 10.8. The molecule has 0 spiro atoms. The first kappa shape index (κ1) is 20.3. The first-order valence-electron chi connectivity index (χ1n) is 10.8. The molecule has 32 heavy (non-hydrogen) atoms. The van der Waals surface area contributed by atoms with E-state index in [1.165, 1.54) is 0 Å². The predicted molar refractivity (Wildman–Crippen MR) is 126 cm³/mol. The lowest BCUT2D eigenvalue weighted by Gasteiger charge is -2.35. The van der Waals surface area contributed by atoms with Gasteiger partial charge in [-0.3, -0.25) is 9.20 Å². The summed E-state index contributed by atoms with van der Waals surface area (Å²) in [6.45, 7) is 3.00. The molecule has 1 aliphatic heterocycles. The van der Waals surface area contributed by atoms with Gasteiger partial charge in [-0.05, 0) is 67.3 Å². The molecule has 3 N–H and O–H groups in total. The van der Waals surface area contributed by atoms with Gasteiger partial charge in [0.1, 0.15) is 5.65 Å². The fourth-order valence-electron chi connectivity index (χ4n) is 4.20.